The van der Waals surface area contributed by atoms with Crippen molar-refractivity contribution in [2.75, 3.05) is 0 Å². The van der Waals surface area contributed by atoms with Gasteiger partial charge in [0.05, 0.1) is 15.7 Å². The molecule has 0 radical (unpaired) electrons. The molecule has 108 valence electrons. The smallest absolute Gasteiger partial charge is 0.261 e. The van der Waals surface area contributed by atoms with Crippen LogP contribution in [0.2, 0.25) is 0 Å². The summed E-state index contributed by atoms with van der Waals surface area (Å²) < 4.78 is 52.0. The first-order chi connectivity index (χ1) is 8.60. The molecule has 1 rings (SSSR count). The van der Waals surface area contributed by atoms with Gasteiger partial charge >= 0.3 is 6.18 Å². The van der Waals surface area contributed by atoms with Gasteiger partial charge in [-0.1, -0.05) is 6.07 Å². The zero-order valence-corrected chi connectivity index (χ0v) is 11.8. The second kappa shape index (κ2) is 6.00. The van der Waals surface area contributed by atoms with Crippen molar-refractivity contribution < 1.29 is 17.4 Å². The molecule has 0 aliphatic heterocycles. The highest BCUT2D eigenvalue weighted by Crippen LogP contribution is 2.24. The summed E-state index contributed by atoms with van der Waals surface area (Å²) in [6, 6.07) is 2.89. The van der Waals surface area contributed by atoms with Gasteiger partial charge in [0.1, 0.15) is 6.04 Å². The third kappa shape index (κ3) is 5.28. The molecule has 0 amide bonds. The lowest BCUT2D eigenvalue weighted by atomic mass is 10.1. The highest BCUT2D eigenvalue weighted by Gasteiger charge is 2.42. The van der Waals surface area contributed by atoms with Crippen molar-refractivity contribution in [1.82, 2.24) is 9.71 Å². The summed E-state index contributed by atoms with van der Waals surface area (Å²) in [4.78, 5) is 3.86. The fourth-order valence-electron chi connectivity index (χ4n) is 1.26. The molecule has 0 aliphatic carbocycles. The Hall–Kier alpha value is -0.950. The van der Waals surface area contributed by atoms with E-state index in [0.717, 1.165) is 0 Å². The summed E-state index contributed by atoms with van der Waals surface area (Å²) in [5.41, 5.74) is 0.309. The maximum absolute atomic E-state index is 12.9. The molecule has 2 atom stereocenters. The predicted molar refractivity (Wildman–Crippen MR) is 68.8 cm³/mol. The minimum absolute atomic E-state index is 0.309. The molecule has 1 heterocycles. The average molecular weight is 294 g/mol. The van der Waals surface area contributed by atoms with E-state index >= 15 is 0 Å². The fourth-order valence-corrected chi connectivity index (χ4v) is 2.09. The molecule has 0 fully saturated rings. The van der Waals surface area contributed by atoms with Crippen molar-refractivity contribution >= 4 is 11.0 Å². The van der Waals surface area contributed by atoms with Crippen molar-refractivity contribution in [1.29, 1.82) is 0 Å². The predicted octanol–water partition coefficient (Wildman–Crippen LogP) is 2.61. The van der Waals surface area contributed by atoms with Crippen LogP contribution in [0, 0.1) is 0 Å². The summed E-state index contributed by atoms with van der Waals surface area (Å²) in [6.45, 7) is 4.85. The Kier molecular flexibility index (Phi) is 5.09. The molecular weight excluding hydrogens is 277 g/mol. The number of rotatable bonds is 4. The lowest BCUT2D eigenvalue weighted by Gasteiger charge is -2.25. The average Bonchev–Trinajstić information content (AvgIpc) is 2.27. The van der Waals surface area contributed by atoms with Crippen LogP contribution in [0.5, 0.6) is 0 Å². The van der Waals surface area contributed by atoms with Gasteiger partial charge in [-0.3, -0.25) is 4.98 Å². The fraction of sp³-hybridized carbons (Fsp3) is 0.583. The van der Waals surface area contributed by atoms with Gasteiger partial charge in [-0.05, 0) is 32.9 Å². The van der Waals surface area contributed by atoms with E-state index in [9.17, 15) is 17.4 Å². The van der Waals surface area contributed by atoms with Crippen LogP contribution in [0.15, 0.2) is 24.4 Å². The van der Waals surface area contributed by atoms with E-state index in [-0.39, 0.29) is 6.42 Å². The number of halogens is 3. The normalized spacial score (nSPS) is 16.1. The molecule has 19 heavy (non-hydrogen) atoms. The van der Waals surface area contributed by atoms with Crippen LogP contribution in [0.25, 0.3) is 0 Å². The first kappa shape index (κ1) is 16.1. The van der Waals surface area contributed by atoms with Gasteiger partial charge in [0, 0.05) is 18.3 Å². The Bertz CT molecular complexity index is 429. The van der Waals surface area contributed by atoms with Gasteiger partial charge in [0.15, 0.2) is 0 Å². The molecule has 0 saturated carbocycles. The lowest BCUT2D eigenvalue weighted by molar-refractivity contribution is -0.150. The number of aromatic nitrogens is 1. The van der Waals surface area contributed by atoms with Crippen LogP contribution in [-0.2, 0) is 17.4 Å². The van der Waals surface area contributed by atoms with E-state index in [1.54, 1.807) is 32.9 Å². The number of pyridine rings is 1. The van der Waals surface area contributed by atoms with Crippen molar-refractivity contribution in [2.24, 2.45) is 0 Å². The summed E-state index contributed by atoms with van der Waals surface area (Å²) in [5, 5.41) is 0. The summed E-state index contributed by atoms with van der Waals surface area (Å²) in [7, 11) is -1.79. The third-order valence-corrected chi connectivity index (χ3v) is 3.95. The third-order valence-electron chi connectivity index (χ3n) is 2.34. The molecule has 0 spiro atoms. The lowest BCUT2D eigenvalue weighted by Crippen LogP contribution is -2.48. The molecule has 7 heteroatoms. The number of nitrogens with one attached hydrogen (secondary N) is 1. The number of nitrogens with zero attached hydrogens (tertiary/aromatic N) is 1. The van der Waals surface area contributed by atoms with E-state index in [4.69, 9.17) is 0 Å². The van der Waals surface area contributed by atoms with Crippen LogP contribution < -0.4 is 4.72 Å². The first-order valence-corrected chi connectivity index (χ1v) is 6.90. The van der Waals surface area contributed by atoms with E-state index < -0.39 is 28.0 Å². The first-order valence-electron chi connectivity index (χ1n) is 5.75. The summed E-state index contributed by atoms with van der Waals surface area (Å²) in [5.74, 6) is 0. The maximum atomic E-state index is 12.9. The second-order valence-electron chi connectivity index (χ2n) is 5.12. The summed E-state index contributed by atoms with van der Waals surface area (Å²) >= 11 is 0. The van der Waals surface area contributed by atoms with E-state index in [1.165, 1.54) is 12.3 Å². The number of hydrogen-bond acceptors (Lipinski definition) is 2. The number of hydrogen-bond donors (Lipinski definition) is 1. The van der Waals surface area contributed by atoms with Gasteiger partial charge < -0.3 is 0 Å². The molecule has 1 N–H and O–H groups in total. The van der Waals surface area contributed by atoms with Crippen LogP contribution in [0.3, 0.4) is 0 Å². The molecule has 0 aromatic carbocycles. The van der Waals surface area contributed by atoms with Crippen LogP contribution in [-0.4, -0.2) is 26.2 Å². The largest absolute Gasteiger partial charge is 0.405 e. The Balaban J connectivity index is 2.83. The van der Waals surface area contributed by atoms with E-state index in [0.29, 0.717) is 5.69 Å². The van der Waals surface area contributed by atoms with Crippen LogP contribution in [0.1, 0.15) is 26.5 Å². The zero-order valence-electron chi connectivity index (χ0n) is 11.0. The molecule has 1 unspecified atom stereocenters. The van der Waals surface area contributed by atoms with Crippen LogP contribution in [0.4, 0.5) is 13.2 Å². The Morgan fingerprint density at radius 3 is 2.37 bits per heavy atom. The molecule has 0 bridgehead atoms. The molecule has 1 aromatic rings. The van der Waals surface area contributed by atoms with Gasteiger partial charge in [0.25, 0.3) is 0 Å². The highest BCUT2D eigenvalue weighted by atomic mass is 32.2. The Labute approximate surface area is 113 Å². The monoisotopic (exact) mass is 294 g/mol. The van der Waals surface area contributed by atoms with Crippen molar-refractivity contribution in [3.63, 3.8) is 0 Å². The van der Waals surface area contributed by atoms with Gasteiger partial charge in [-0.2, -0.15) is 13.2 Å². The van der Waals surface area contributed by atoms with E-state index in [1.807, 2.05) is 0 Å². The standard InChI is InChI=1S/C12H17F3N2OS/c1-11(2,3)19(18)17-10(12(13,14)15)8-9-6-4-5-7-16-9/h4-7,10,17H,8H2,1-3H3/t10-,19?/m1/s1. The maximum Gasteiger partial charge on any atom is 0.405 e. The minimum Gasteiger partial charge on any atom is -0.261 e. The Morgan fingerprint density at radius 2 is 1.95 bits per heavy atom. The number of alkyl halides is 3. The SMILES string of the molecule is CC(C)(C)S(=O)N[C@H](Cc1ccccn1)C(F)(F)F. The van der Waals surface area contributed by atoms with Crippen molar-refractivity contribution in [3.05, 3.63) is 30.1 Å². The Morgan fingerprint density at radius 1 is 1.32 bits per heavy atom. The van der Waals surface area contributed by atoms with E-state index in [2.05, 4.69) is 9.71 Å². The zero-order chi connectivity index (χ0) is 14.7. The molecule has 0 aliphatic rings. The molecule has 1 aromatic heterocycles. The quantitative estimate of drug-likeness (QED) is 0.927. The molecular formula is C12H17F3N2OS. The highest BCUT2D eigenvalue weighted by molar-refractivity contribution is 7.84. The van der Waals surface area contributed by atoms with Gasteiger partial charge in [-0.15, -0.1) is 0 Å². The summed E-state index contributed by atoms with van der Waals surface area (Å²) in [6.07, 6.45) is -3.38. The van der Waals surface area contributed by atoms with Gasteiger partial charge in [0.2, 0.25) is 0 Å². The van der Waals surface area contributed by atoms with Gasteiger partial charge in [-0.25, -0.2) is 8.93 Å². The molecule has 3 nitrogen and oxygen atoms in total. The van der Waals surface area contributed by atoms with Crippen molar-refractivity contribution in [2.45, 2.75) is 44.2 Å². The molecule has 0 saturated heterocycles. The van der Waals surface area contributed by atoms with Crippen LogP contribution >= 0.6 is 0 Å². The second-order valence-corrected chi connectivity index (χ2v) is 7.12. The van der Waals surface area contributed by atoms with Crippen molar-refractivity contribution in [3.8, 4) is 0 Å². The minimum atomic E-state index is -4.47. The topological polar surface area (TPSA) is 42.0 Å².